The number of fused-ring (bicyclic) bond motifs is 1. The van der Waals surface area contributed by atoms with Gasteiger partial charge in [0.25, 0.3) is 0 Å². The van der Waals surface area contributed by atoms with E-state index in [9.17, 15) is 0 Å². The van der Waals surface area contributed by atoms with E-state index in [0.717, 1.165) is 49.6 Å². The Labute approximate surface area is 134 Å². The molecule has 1 aliphatic rings. The Hall–Kier alpha value is -1.10. The molecule has 2 aromatic rings. The van der Waals surface area contributed by atoms with E-state index in [2.05, 4.69) is 69.2 Å². The van der Waals surface area contributed by atoms with Gasteiger partial charge in [-0.3, -0.25) is 4.90 Å². The van der Waals surface area contributed by atoms with E-state index in [0.29, 0.717) is 0 Å². The van der Waals surface area contributed by atoms with E-state index in [1.54, 1.807) is 0 Å². The molecule has 21 heavy (non-hydrogen) atoms. The molecular formula is C17H21BrN2O. The molecule has 1 heterocycles. The van der Waals surface area contributed by atoms with E-state index >= 15 is 0 Å². The first-order chi connectivity index (χ1) is 10.2. The predicted molar refractivity (Wildman–Crippen MR) is 91.1 cm³/mol. The molecule has 1 saturated heterocycles. The second-order valence-corrected chi connectivity index (χ2v) is 6.56. The van der Waals surface area contributed by atoms with Crippen molar-refractivity contribution < 1.29 is 4.74 Å². The van der Waals surface area contributed by atoms with Crippen molar-refractivity contribution in [2.75, 3.05) is 46.4 Å². The zero-order valence-electron chi connectivity index (χ0n) is 12.4. The van der Waals surface area contributed by atoms with E-state index in [-0.39, 0.29) is 0 Å². The molecule has 0 radical (unpaired) electrons. The Bertz CT molecular complexity index is 609. The van der Waals surface area contributed by atoms with Gasteiger partial charge in [-0.2, -0.15) is 0 Å². The van der Waals surface area contributed by atoms with Crippen molar-refractivity contribution in [3.63, 3.8) is 0 Å². The summed E-state index contributed by atoms with van der Waals surface area (Å²) in [7, 11) is 2.18. The predicted octanol–water partition coefficient (Wildman–Crippen LogP) is 3.23. The number of rotatable bonds is 4. The molecule has 3 nitrogen and oxygen atoms in total. The normalized spacial score (nSPS) is 17.2. The van der Waals surface area contributed by atoms with Crippen molar-refractivity contribution >= 4 is 26.7 Å². The van der Waals surface area contributed by atoms with Gasteiger partial charge in [-0.15, -0.1) is 0 Å². The second-order valence-electron chi connectivity index (χ2n) is 5.65. The highest BCUT2D eigenvalue weighted by Gasteiger charge is 2.13. The van der Waals surface area contributed by atoms with Crippen LogP contribution in [0.2, 0.25) is 0 Å². The lowest BCUT2D eigenvalue weighted by atomic mass is 10.1. The van der Waals surface area contributed by atoms with Crippen LogP contribution in [0.15, 0.2) is 40.9 Å². The van der Waals surface area contributed by atoms with E-state index in [1.807, 2.05) is 0 Å². The summed E-state index contributed by atoms with van der Waals surface area (Å²) in [5, 5.41) is 2.45. The van der Waals surface area contributed by atoms with Crippen molar-refractivity contribution in [1.29, 1.82) is 0 Å². The number of piperazine rings is 1. The van der Waals surface area contributed by atoms with Gasteiger partial charge in [-0.05, 0) is 42.1 Å². The summed E-state index contributed by atoms with van der Waals surface area (Å²) in [6, 6.07) is 12.6. The van der Waals surface area contributed by atoms with Gasteiger partial charge in [-0.25, -0.2) is 0 Å². The fraction of sp³-hybridized carbons (Fsp3) is 0.412. The van der Waals surface area contributed by atoms with Crippen LogP contribution in [0, 0.1) is 0 Å². The van der Waals surface area contributed by atoms with Crippen molar-refractivity contribution in [3.8, 4) is 5.75 Å². The quantitative estimate of drug-likeness (QED) is 0.843. The summed E-state index contributed by atoms with van der Waals surface area (Å²) in [5.41, 5.74) is 0. The molecule has 112 valence electrons. The zero-order chi connectivity index (χ0) is 14.7. The Morgan fingerprint density at radius 2 is 1.71 bits per heavy atom. The lowest BCUT2D eigenvalue weighted by Crippen LogP contribution is -2.45. The smallest absolute Gasteiger partial charge is 0.120 e. The topological polar surface area (TPSA) is 15.7 Å². The summed E-state index contributed by atoms with van der Waals surface area (Å²) >= 11 is 3.50. The first-order valence-corrected chi connectivity index (χ1v) is 8.23. The summed E-state index contributed by atoms with van der Waals surface area (Å²) in [6.07, 6.45) is 0. The second kappa shape index (κ2) is 6.77. The van der Waals surface area contributed by atoms with Crippen molar-refractivity contribution in [2.45, 2.75) is 0 Å². The molecule has 0 unspecified atom stereocenters. The molecule has 0 aliphatic carbocycles. The Morgan fingerprint density at radius 3 is 2.52 bits per heavy atom. The average molecular weight is 349 g/mol. The fourth-order valence-corrected chi connectivity index (χ4v) is 3.03. The van der Waals surface area contributed by atoms with Crippen molar-refractivity contribution in [1.82, 2.24) is 9.80 Å². The van der Waals surface area contributed by atoms with Crippen LogP contribution in [0.4, 0.5) is 0 Å². The molecule has 0 aromatic heterocycles. The Kier molecular flexibility index (Phi) is 4.78. The van der Waals surface area contributed by atoms with E-state index in [1.165, 1.54) is 10.8 Å². The minimum Gasteiger partial charge on any atom is -0.492 e. The molecule has 0 N–H and O–H groups in total. The maximum absolute atomic E-state index is 5.91. The third-order valence-corrected chi connectivity index (χ3v) is 4.54. The van der Waals surface area contributed by atoms with Gasteiger partial charge < -0.3 is 9.64 Å². The monoisotopic (exact) mass is 348 g/mol. The van der Waals surface area contributed by atoms with Gasteiger partial charge in [0, 0.05) is 37.2 Å². The summed E-state index contributed by atoms with van der Waals surface area (Å²) in [5.74, 6) is 0.957. The number of benzene rings is 2. The lowest BCUT2D eigenvalue weighted by Gasteiger charge is -2.32. The highest BCUT2D eigenvalue weighted by molar-refractivity contribution is 9.10. The standard InChI is InChI=1S/C17H21BrN2O/c1-19-6-8-20(9-7-19)10-11-21-17-5-3-14-12-16(18)4-2-15(14)13-17/h2-5,12-13H,6-11H2,1H3. The van der Waals surface area contributed by atoms with Gasteiger partial charge in [0.15, 0.2) is 0 Å². The maximum Gasteiger partial charge on any atom is 0.120 e. The average Bonchev–Trinajstić information content (AvgIpc) is 2.49. The Morgan fingerprint density at radius 1 is 1.00 bits per heavy atom. The highest BCUT2D eigenvalue weighted by Crippen LogP contribution is 2.24. The van der Waals surface area contributed by atoms with Crippen molar-refractivity contribution in [3.05, 3.63) is 40.9 Å². The highest BCUT2D eigenvalue weighted by atomic mass is 79.9. The molecule has 4 heteroatoms. The largest absolute Gasteiger partial charge is 0.492 e. The molecule has 0 amide bonds. The van der Waals surface area contributed by atoms with E-state index in [4.69, 9.17) is 4.74 Å². The molecule has 3 rings (SSSR count). The molecule has 0 bridgehead atoms. The number of hydrogen-bond donors (Lipinski definition) is 0. The lowest BCUT2D eigenvalue weighted by molar-refractivity contribution is 0.134. The van der Waals surface area contributed by atoms with E-state index < -0.39 is 0 Å². The molecule has 0 spiro atoms. The molecule has 2 aromatic carbocycles. The van der Waals surface area contributed by atoms with Gasteiger partial charge in [0.1, 0.15) is 12.4 Å². The van der Waals surface area contributed by atoms with Crippen LogP contribution in [-0.4, -0.2) is 56.2 Å². The van der Waals surface area contributed by atoms with Crippen LogP contribution in [0.3, 0.4) is 0 Å². The molecular weight excluding hydrogens is 328 g/mol. The molecule has 0 atom stereocenters. The molecule has 1 aliphatic heterocycles. The summed E-state index contributed by atoms with van der Waals surface area (Å²) in [6.45, 7) is 6.37. The van der Waals surface area contributed by atoms with Crippen LogP contribution in [0.1, 0.15) is 0 Å². The third kappa shape index (κ3) is 3.96. The van der Waals surface area contributed by atoms with Gasteiger partial charge in [-0.1, -0.05) is 28.1 Å². The fourth-order valence-electron chi connectivity index (χ4n) is 2.65. The third-order valence-electron chi connectivity index (χ3n) is 4.05. The SMILES string of the molecule is CN1CCN(CCOc2ccc3cc(Br)ccc3c2)CC1. The van der Waals surface area contributed by atoms with Gasteiger partial charge in [0.2, 0.25) is 0 Å². The van der Waals surface area contributed by atoms with Gasteiger partial charge >= 0.3 is 0 Å². The zero-order valence-corrected chi connectivity index (χ0v) is 14.0. The minimum atomic E-state index is 0.756. The summed E-state index contributed by atoms with van der Waals surface area (Å²) < 4.78 is 7.02. The van der Waals surface area contributed by atoms with Gasteiger partial charge in [0.05, 0.1) is 0 Å². The number of likely N-dealkylation sites (N-methyl/N-ethyl adjacent to an activating group) is 1. The first-order valence-electron chi connectivity index (χ1n) is 7.44. The number of nitrogens with zero attached hydrogens (tertiary/aromatic N) is 2. The number of hydrogen-bond acceptors (Lipinski definition) is 3. The van der Waals surface area contributed by atoms with Crippen LogP contribution >= 0.6 is 15.9 Å². The van der Waals surface area contributed by atoms with Crippen LogP contribution in [-0.2, 0) is 0 Å². The van der Waals surface area contributed by atoms with Crippen LogP contribution < -0.4 is 4.74 Å². The van der Waals surface area contributed by atoms with Crippen LogP contribution in [0.25, 0.3) is 10.8 Å². The number of halogens is 1. The number of ether oxygens (including phenoxy) is 1. The molecule has 1 fully saturated rings. The Balaban J connectivity index is 1.54. The minimum absolute atomic E-state index is 0.756. The first kappa shape index (κ1) is 14.8. The molecule has 0 saturated carbocycles. The van der Waals surface area contributed by atoms with Crippen LogP contribution in [0.5, 0.6) is 5.75 Å². The van der Waals surface area contributed by atoms with Crippen molar-refractivity contribution in [2.24, 2.45) is 0 Å². The maximum atomic E-state index is 5.91. The summed E-state index contributed by atoms with van der Waals surface area (Å²) in [4.78, 5) is 4.84.